The van der Waals surface area contributed by atoms with E-state index in [9.17, 15) is 13.2 Å². The Bertz CT molecular complexity index is 926. The molecule has 0 aliphatic heterocycles. The van der Waals surface area contributed by atoms with Crippen molar-refractivity contribution in [2.45, 2.75) is 25.3 Å². The van der Waals surface area contributed by atoms with E-state index in [1.54, 1.807) is 37.9 Å². The summed E-state index contributed by atoms with van der Waals surface area (Å²) >= 11 is 0. The normalized spacial score (nSPS) is 11.2. The van der Waals surface area contributed by atoms with Gasteiger partial charge in [-0.15, -0.1) is 0 Å². The van der Waals surface area contributed by atoms with E-state index < -0.39 is 10.0 Å². The van der Waals surface area contributed by atoms with Gasteiger partial charge in [-0.3, -0.25) is 4.79 Å². The number of carbonyl (C=O) groups is 1. The molecule has 0 radical (unpaired) electrons. The lowest BCUT2D eigenvalue weighted by atomic mass is 10.1. The number of nitriles is 1. The Morgan fingerprint density at radius 2 is 1.56 bits per heavy atom. The van der Waals surface area contributed by atoms with E-state index in [0.29, 0.717) is 30.8 Å². The zero-order valence-corrected chi connectivity index (χ0v) is 16.5. The molecular weight excluding hydrogens is 362 g/mol. The minimum absolute atomic E-state index is 0.178. The van der Waals surface area contributed by atoms with Crippen LogP contribution in [0.5, 0.6) is 0 Å². The van der Waals surface area contributed by atoms with Crippen LogP contribution in [0.2, 0.25) is 0 Å². The molecule has 7 heteroatoms. The standard InChI is InChI=1S/C20H23N3O3S/c1-4-23(5-2)27(25,26)19-12-10-18(11-13-19)20(24)22(3)15-17-8-6-16(14-21)7-9-17/h6-13H,4-5,15H2,1-3H3. The van der Waals surface area contributed by atoms with Gasteiger partial charge in [-0.25, -0.2) is 8.42 Å². The fraction of sp³-hybridized carbons (Fsp3) is 0.300. The lowest BCUT2D eigenvalue weighted by Crippen LogP contribution is -2.30. The molecule has 0 aliphatic rings. The summed E-state index contributed by atoms with van der Waals surface area (Å²) in [5, 5.41) is 8.83. The summed E-state index contributed by atoms with van der Waals surface area (Å²) in [5.41, 5.74) is 1.90. The second-order valence-electron chi connectivity index (χ2n) is 6.08. The minimum Gasteiger partial charge on any atom is -0.337 e. The second-order valence-corrected chi connectivity index (χ2v) is 8.02. The first-order chi connectivity index (χ1) is 12.8. The summed E-state index contributed by atoms with van der Waals surface area (Å²) in [6, 6.07) is 15.1. The van der Waals surface area contributed by atoms with Crippen molar-refractivity contribution in [2.24, 2.45) is 0 Å². The molecule has 0 aromatic heterocycles. The second kappa shape index (κ2) is 8.80. The molecule has 0 N–H and O–H groups in total. The molecule has 1 amide bonds. The zero-order valence-electron chi connectivity index (χ0n) is 15.7. The summed E-state index contributed by atoms with van der Waals surface area (Å²) in [6.07, 6.45) is 0. The molecule has 2 aromatic rings. The number of hydrogen-bond donors (Lipinski definition) is 0. The Morgan fingerprint density at radius 1 is 1.00 bits per heavy atom. The van der Waals surface area contributed by atoms with Gasteiger partial charge in [0.1, 0.15) is 0 Å². The van der Waals surface area contributed by atoms with Gasteiger partial charge in [0, 0.05) is 32.2 Å². The van der Waals surface area contributed by atoms with Crippen molar-refractivity contribution in [1.82, 2.24) is 9.21 Å². The van der Waals surface area contributed by atoms with E-state index in [1.165, 1.54) is 28.6 Å². The van der Waals surface area contributed by atoms with E-state index in [2.05, 4.69) is 6.07 Å². The molecule has 0 atom stereocenters. The third kappa shape index (κ3) is 4.73. The average molecular weight is 385 g/mol. The van der Waals surface area contributed by atoms with Crippen LogP contribution in [0.4, 0.5) is 0 Å². The summed E-state index contributed by atoms with van der Waals surface area (Å²) in [5.74, 6) is -0.203. The van der Waals surface area contributed by atoms with Crippen molar-refractivity contribution in [3.05, 3.63) is 65.2 Å². The highest BCUT2D eigenvalue weighted by molar-refractivity contribution is 7.89. The number of nitrogens with zero attached hydrogens (tertiary/aromatic N) is 3. The first kappa shape index (κ1) is 20.6. The Labute approximate surface area is 160 Å². The molecule has 0 fully saturated rings. The third-order valence-electron chi connectivity index (χ3n) is 4.29. The zero-order chi connectivity index (χ0) is 20.0. The van der Waals surface area contributed by atoms with Crippen LogP contribution in [-0.4, -0.2) is 43.7 Å². The first-order valence-corrected chi connectivity index (χ1v) is 10.1. The van der Waals surface area contributed by atoms with E-state index in [4.69, 9.17) is 5.26 Å². The molecule has 2 rings (SSSR count). The molecule has 0 heterocycles. The van der Waals surface area contributed by atoms with Gasteiger partial charge in [0.05, 0.1) is 16.5 Å². The summed E-state index contributed by atoms with van der Waals surface area (Å²) < 4.78 is 26.4. The third-order valence-corrected chi connectivity index (χ3v) is 6.36. The van der Waals surface area contributed by atoms with Gasteiger partial charge in [0.25, 0.3) is 5.91 Å². The molecule has 142 valence electrons. The van der Waals surface area contributed by atoms with Gasteiger partial charge in [-0.2, -0.15) is 9.57 Å². The number of benzene rings is 2. The van der Waals surface area contributed by atoms with E-state index >= 15 is 0 Å². The fourth-order valence-electron chi connectivity index (χ4n) is 2.73. The predicted octanol–water partition coefficient (Wildman–Crippen LogP) is 2.86. The SMILES string of the molecule is CCN(CC)S(=O)(=O)c1ccc(C(=O)N(C)Cc2ccc(C#N)cc2)cc1. The van der Waals surface area contributed by atoms with Gasteiger partial charge in [0.2, 0.25) is 10.0 Å². The average Bonchev–Trinajstić information content (AvgIpc) is 2.68. The highest BCUT2D eigenvalue weighted by Crippen LogP contribution is 2.17. The largest absolute Gasteiger partial charge is 0.337 e. The maximum atomic E-state index is 12.6. The lowest BCUT2D eigenvalue weighted by Gasteiger charge is -2.19. The van der Waals surface area contributed by atoms with Crippen LogP contribution >= 0.6 is 0 Å². The number of rotatable bonds is 7. The summed E-state index contributed by atoms with van der Waals surface area (Å²) in [7, 11) is -1.86. The highest BCUT2D eigenvalue weighted by atomic mass is 32.2. The Hall–Kier alpha value is -2.69. The molecule has 2 aromatic carbocycles. The lowest BCUT2D eigenvalue weighted by molar-refractivity contribution is 0.0785. The molecule has 0 spiro atoms. The van der Waals surface area contributed by atoms with Crippen LogP contribution in [-0.2, 0) is 16.6 Å². The first-order valence-electron chi connectivity index (χ1n) is 8.68. The molecule has 0 aliphatic carbocycles. The van der Waals surface area contributed by atoms with Crippen molar-refractivity contribution < 1.29 is 13.2 Å². The molecule has 0 bridgehead atoms. The van der Waals surface area contributed by atoms with Gasteiger partial charge < -0.3 is 4.90 Å². The van der Waals surface area contributed by atoms with E-state index in [-0.39, 0.29) is 10.8 Å². The van der Waals surface area contributed by atoms with Crippen LogP contribution in [0.3, 0.4) is 0 Å². The summed E-state index contributed by atoms with van der Waals surface area (Å²) in [6.45, 7) is 4.76. The van der Waals surface area contributed by atoms with E-state index in [0.717, 1.165) is 5.56 Å². The van der Waals surface area contributed by atoms with E-state index in [1.807, 2.05) is 12.1 Å². The maximum Gasteiger partial charge on any atom is 0.253 e. The van der Waals surface area contributed by atoms with Crippen molar-refractivity contribution in [3.63, 3.8) is 0 Å². The van der Waals surface area contributed by atoms with Crippen LogP contribution < -0.4 is 0 Å². The van der Waals surface area contributed by atoms with Gasteiger partial charge >= 0.3 is 0 Å². The predicted molar refractivity (Wildman–Crippen MR) is 104 cm³/mol. The van der Waals surface area contributed by atoms with Gasteiger partial charge in [-0.05, 0) is 42.0 Å². The number of amides is 1. The monoisotopic (exact) mass is 385 g/mol. The fourth-order valence-corrected chi connectivity index (χ4v) is 4.19. The molecule has 0 unspecified atom stereocenters. The Morgan fingerprint density at radius 3 is 2.04 bits per heavy atom. The topological polar surface area (TPSA) is 81.5 Å². The highest BCUT2D eigenvalue weighted by Gasteiger charge is 2.22. The number of sulfonamides is 1. The molecule has 0 saturated heterocycles. The van der Waals surface area contributed by atoms with Crippen LogP contribution in [0.25, 0.3) is 0 Å². The van der Waals surface area contributed by atoms with Gasteiger partial charge in [0.15, 0.2) is 0 Å². The van der Waals surface area contributed by atoms with Crippen LogP contribution in [0.1, 0.15) is 35.3 Å². The van der Waals surface area contributed by atoms with Crippen LogP contribution in [0.15, 0.2) is 53.4 Å². The Kier molecular flexibility index (Phi) is 6.72. The molecule has 6 nitrogen and oxygen atoms in total. The smallest absolute Gasteiger partial charge is 0.253 e. The van der Waals surface area contributed by atoms with Gasteiger partial charge in [-0.1, -0.05) is 26.0 Å². The number of hydrogen-bond acceptors (Lipinski definition) is 4. The molecular formula is C20H23N3O3S. The molecule has 0 saturated carbocycles. The van der Waals surface area contributed by atoms with Crippen molar-refractivity contribution in [3.8, 4) is 6.07 Å². The van der Waals surface area contributed by atoms with Crippen LogP contribution in [0, 0.1) is 11.3 Å². The number of carbonyl (C=O) groups excluding carboxylic acids is 1. The van der Waals surface area contributed by atoms with Crippen molar-refractivity contribution in [2.75, 3.05) is 20.1 Å². The maximum absolute atomic E-state index is 12.6. The quantitative estimate of drug-likeness (QED) is 0.734. The summed E-state index contributed by atoms with van der Waals surface area (Å²) in [4.78, 5) is 14.3. The Balaban J connectivity index is 2.13. The minimum atomic E-state index is -3.54. The molecule has 27 heavy (non-hydrogen) atoms. The van der Waals surface area contributed by atoms with Crippen molar-refractivity contribution >= 4 is 15.9 Å². The van der Waals surface area contributed by atoms with Crippen molar-refractivity contribution in [1.29, 1.82) is 5.26 Å².